The highest BCUT2D eigenvalue weighted by Crippen LogP contribution is 2.26. The molecule has 1 heterocycles. The predicted molar refractivity (Wildman–Crippen MR) is 130 cm³/mol. The number of hydrogen-bond donors (Lipinski definition) is 1. The number of amides is 1. The summed E-state index contributed by atoms with van der Waals surface area (Å²) in [7, 11) is 1.60. The van der Waals surface area contributed by atoms with Crippen molar-refractivity contribution < 1.29 is 14.3 Å². The highest BCUT2D eigenvalue weighted by atomic mass is 16.5. The van der Waals surface area contributed by atoms with Crippen molar-refractivity contribution >= 4 is 16.9 Å². The molecule has 0 saturated carbocycles. The summed E-state index contributed by atoms with van der Waals surface area (Å²) in [5.41, 5.74) is 3.69. The van der Waals surface area contributed by atoms with Gasteiger partial charge in [-0.3, -0.25) is 4.79 Å². The van der Waals surface area contributed by atoms with Crippen molar-refractivity contribution in [2.24, 2.45) is 0 Å². The Balaban J connectivity index is 1.48. The first kappa shape index (κ1) is 22.4. The molecule has 6 heteroatoms. The molecule has 1 amide bonds. The largest absolute Gasteiger partial charge is 0.497 e. The van der Waals surface area contributed by atoms with E-state index in [0.29, 0.717) is 36.9 Å². The van der Waals surface area contributed by atoms with E-state index in [1.165, 1.54) is 5.56 Å². The SMILES string of the molecule is COc1ccc(C(=O)NCc2nc3ccccc3n2CCOc2ccccc2C(C)C)cc1. The number of methoxy groups -OCH3 is 1. The number of para-hydroxylation sites is 3. The number of carbonyl (C=O) groups excluding carboxylic acids is 1. The minimum atomic E-state index is -0.154. The average Bonchev–Trinajstić information content (AvgIpc) is 3.20. The Hall–Kier alpha value is -3.80. The number of fused-ring (bicyclic) bond motifs is 1. The minimum Gasteiger partial charge on any atom is -0.497 e. The van der Waals surface area contributed by atoms with E-state index in [2.05, 4.69) is 29.8 Å². The lowest BCUT2D eigenvalue weighted by molar-refractivity contribution is 0.0949. The van der Waals surface area contributed by atoms with E-state index < -0.39 is 0 Å². The second-order valence-electron chi connectivity index (χ2n) is 8.12. The van der Waals surface area contributed by atoms with Crippen molar-refractivity contribution in [3.05, 3.63) is 89.7 Å². The monoisotopic (exact) mass is 443 g/mol. The van der Waals surface area contributed by atoms with E-state index in [9.17, 15) is 4.79 Å². The standard InChI is InChI=1S/C27H29N3O3/c1-19(2)22-8-4-7-11-25(22)33-17-16-30-24-10-6-5-9-23(24)29-26(30)18-28-27(31)20-12-14-21(32-3)15-13-20/h4-15,19H,16-18H2,1-3H3,(H,28,31). The molecule has 0 aliphatic rings. The summed E-state index contributed by atoms with van der Waals surface area (Å²) in [5, 5.41) is 2.98. The number of benzene rings is 3. The summed E-state index contributed by atoms with van der Waals surface area (Å²) in [6.45, 7) is 5.77. The summed E-state index contributed by atoms with van der Waals surface area (Å²) in [5.74, 6) is 2.65. The van der Waals surface area contributed by atoms with Crippen LogP contribution in [0.2, 0.25) is 0 Å². The Morgan fingerprint density at radius 2 is 1.73 bits per heavy atom. The lowest BCUT2D eigenvalue weighted by Crippen LogP contribution is -2.25. The second-order valence-corrected chi connectivity index (χ2v) is 8.12. The van der Waals surface area contributed by atoms with E-state index in [4.69, 9.17) is 14.5 Å². The minimum absolute atomic E-state index is 0.154. The van der Waals surface area contributed by atoms with Crippen LogP contribution in [0.4, 0.5) is 0 Å². The van der Waals surface area contributed by atoms with Crippen LogP contribution in [-0.2, 0) is 13.1 Å². The van der Waals surface area contributed by atoms with Crippen LogP contribution in [0.25, 0.3) is 11.0 Å². The first-order valence-electron chi connectivity index (χ1n) is 11.1. The zero-order valence-corrected chi connectivity index (χ0v) is 19.2. The van der Waals surface area contributed by atoms with Crippen molar-refractivity contribution in [1.29, 1.82) is 0 Å². The van der Waals surface area contributed by atoms with E-state index in [1.54, 1.807) is 31.4 Å². The van der Waals surface area contributed by atoms with Crippen molar-refractivity contribution in [1.82, 2.24) is 14.9 Å². The Bertz CT molecular complexity index is 1230. The molecule has 33 heavy (non-hydrogen) atoms. The molecular weight excluding hydrogens is 414 g/mol. The Morgan fingerprint density at radius 3 is 2.48 bits per heavy atom. The number of nitrogens with one attached hydrogen (secondary N) is 1. The van der Waals surface area contributed by atoms with Gasteiger partial charge in [0.15, 0.2) is 0 Å². The van der Waals surface area contributed by atoms with Crippen molar-refractivity contribution in [2.75, 3.05) is 13.7 Å². The van der Waals surface area contributed by atoms with Gasteiger partial charge in [-0.1, -0.05) is 44.2 Å². The molecule has 0 unspecified atom stereocenters. The summed E-state index contributed by atoms with van der Waals surface area (Å²) in [4.78, 5) is 17.4. The van der Waals surface area contributed by atoms with Crippen LogP contribution in [-0.4, -0.2) is 29.2 Å². The van der Waals surface area contributed by atoms with Gasteiger partial charge < -0.3 is 19.4 Å². The molecule has 1 aromatic heterocycles. The Kier molecular flexibility index (Phi) is 6.93. The number of rotatable bonds is 9. The van der Waals surface area contributed by atoms with Gasteiger partial charge in [0, 0.05) is 5.56 Å². The second kappa shape index (κ2) is 10.2. The van der Waals surface area contributed by atoms with E-state index >= 15 is 0 Å². The van der Waals surface area contributed by atoms with E-state index in [-0.39, 0.29) is 5.91 Å². The summed E-state index contributed by atoms with van der Waals surface area (Å²) < 4.78 is 13.4. The number of nitrogens with zero attached hydrogens (tertiary/aromatic N) is 2. The molecule has 0 bridgehead atoms. The summed E-state index contributed by atoms with van der Waals surface area (Å²) in [6.07, 6.45) is 0. The van der Waals surface area contributed by atoms with Crippen LogP contribution >= 0.6 is 0 Å². The van der Waals surface area contributed by atoms with Crippen LogP contribution in [0.15, 0.2) is 72.8 Å². The van der Waals surface area contributed by atoms with Gasteiger partial charge in [-0.05, 0) is 53.9 Å². The zero-order chi connectivity index (χ0) is 23.2. The molecule has 6 nitrogen and oxygen atoms in total. The highest BCUT2D eigenvalue weighted by molar-refractivity contribution is 5.94. The third-order valence-electron chi connectivity index (χ3n) is 5.61. The molecule has 3 aromatic carbocycles. The van der Waals surface area contributed by atoms with Crippen molar-refractivity contribution in [2.45, 2.75) is 32.9 Å². The molecule has 0 aliphatic heterocycles. The van der Waals surface area contributed by atoms with Crippen LogP contribution in [0, 0.1) is 0 Å². The Labute approximate surface area is 194 Å². The predicted octanol–water partition coefficient (Wildman–Crippen LogP) is 5.18. The lowest BCUT2D eigenvalue weighted by atomic mass is 10.0. The van der Waals surface area contributed by atoms with Crippen LogP contribution in [0.3, 0.4) is 0 Å². The maximum Gasteiger partial charge on any atom is 0.251 e. The topological polar surface area (TPSA) is 65.4 Å². The van der Waals surface area contributed by atoms with Crippen LogP contribution in [0.1, 0.15) is 41.5 Å². The van der Waals surface area contributed by atoms with E-state index in [0.717, 1.165) is 22.6 Å². The molecule has 170 valence electrons. The summed E-state index contributed by atoms with van der Waals surface area (Å²) in [6, 6.07) is 23.2. The first-order chi connectivity index (χ1) is 16.1. The summed E-state index contributed by atoms with van der Waals surface area (Å²) >= 11 is 0. The molecule has 0 fully saturated rings. The van der Waals surface area contributed by atoms with Gasteiger partial charge >= 0.3 is 0 Å². The molecule has 4 rings (SSSR count). The fourth-order valence-electron chi connectivity index (χ4n) is 3.85. The van der Waals surface area contributed by atoms with Crippen LogP contribution < -0.4 is 14.8 Å². The van der Waals surface area contributed by atoms with Crippen LogP contribution in [0.5, 0.6) is 11.5 Å². The molecule has 0 atom stereocenters. The first-order valence-corrected chi connectivity index (χ1v) is 11.1. The van der Waals surface area contributed by atoms with Gasteiger partial charge in [0.25, 0.3) is 5.91 Å². The Morgan fingerprint density at radius 1 is 1.00 bits per heavy atom. The molecule has 0 spiro atoms. The number of aromatic nitrogens is 2. The maximum atomic E-state index is 12.6. The van der Waals surface area contributed by atoms with Gasteiger partial charge in [0.1, 0.15) is 23.9 Å². The van der Waals surface area contributed by atoms with Gasteiger partial charge in [-0.15, -0.1) is 0 Å². The smallest absolute Gasteiger partial charge is 0.251 e. The fraction of sp³-hybridized carbons (Fsp3) is 0.259. The van der Waals surface area contributed by atoms with Gasteiger partial charge in [0.2, 0.25) is 0 Å². The third kappa shape index (κ3) is 5.17. The van der Waals surface area contributed by atoms with Crippen molar-refractivity contribution in [3.63, 3.8) is 0 Å². The number of ether oxygens (including phenoxy) is 2. The fourth-order valence-corrected chi connectivity index (χ4v) is 3.85. The van der Waals surface area contributed by atoms with Gasteiger partial charge in [-0.25, -0.2) is 4.98 Å². The van der Waals surface area contributed by atoms with Gasteiger partial charge in [-0.2, -0.15) is 0 Å². The average molecular weight is 444 g/mol. The normalized spacial score (nSPS) is 11.0. The zero-order valence-electron chi connectivity index (χ0n) is 19.2. The highest BCUT2D eigenvalue weighted by Gasteiger charge is 2.13. The van der Waals surface area contributed by atoms with Gasteiger partial charge in [0.05, 0.1) is 31.2 Å². The lowest BCUT2D eigenvalue weighted by Gasteiger charge is -2.15. The quantitative estimate of drug-likeness (QED) is 0.387. The number of carbonyl (C=O) groups is 1. The molecule has 0 saturated heterocycles. The molecular formula is C27H29N3O3. The third-order valence-corrected chi connectivity index (χ3v) is 5.61. The maximum absolute atomic E-state index is 12.6. The van der Waals surface area contributed by atoms with Crippen molar-refractivity contribution in [3.8, 4) is 11.5 Å². The number of imidazole rings is 1. The molecule has 1 N–H and O–H groups in total. The number of hydrogen-bond acceptors (Lipinski definition) is 4. The van der Waals surface area contributed by atoms with E-state index in [1.807, 2.05) is 42.5 Å². The molecule has 0 radical (unpaired) electrons. The molecule has 0 aliphatic carbocycles. The molecule has 4 aromatic rings.